The largest absolute Gasteiger partial charge is 0.462 e. The second-order valence-corrected chi connectivity index (χ2v) is 17.1. The van der Waals surface area contributed by atoms with E-state index in [1.807, 2.05) is 0 Å². The van der Waals surface area contributed by atoms with Gasteiger partial charge in [-0.2, -0.15) is 0 Å². The Morgan fingerprint density at radius 1 is 0.389 bits per heavy atom. The second kappa shape index (κ2) is 41.1. The van der Waals surface area contributed by atoms with Crippen molar-refractivity contribution in [3.63, 3.8) is 0 Å². The molecule has 0 aliphatic carbocycles. The van der Waals surface area contributed by atoms with Crippen molar-refractivity contribution in [3.05, 3.63) is 0 Å². The Balaban J connectivity index is 4.11. The predicted molar refractivity (Wildman–Crippen MR) is 229 cm³/mol. The van der Waals surface area contributed by atoms with Gasteiger partial charge in [0, 0.05) is 19.3 Å². The zero-order valence-electron chi connectivity index (χ0n) is 36.8. The van der Waals surface area contributed by atoms with Gasteiger partial charge in [0.15, 0.2) is 6.10 Å². The minimum Gasteiger partial charge on any atom is -0.462 e. The summed E-state index contributed by atoms with van der Waals surface area (Å²) in [5.41, 5.74) is 0. The van der Waals surface area contributed by atoms with Crippen molar-refractivity contribution in [1.29, 1.82) is 0 Å². The Morgan fingerprint density at radius 3 is 1.06 bits per heavy atom. The monoisotopic (exact) mass is 765 g/mol. The molecule has 0 bridgehead atoms. The lowest BCUT2D eigenvalue weighted by Gasteiger charge is -2.18. The molecule has 0 rings (SSSR count). The molecule has 2 atom stereocenters. The molecule has 0 spiro atoms. The third-order valence-electron chi connectivity index (χ3n) is 11.1. The fraction of sp³-hybridized carbons (Fsp3) is 0.938. The molecular formula is C48H92O6. The van der Waals surface area contributed by atoms with Crippen molar-refractivity contribution in [2.24, 2.45) is 11.8 Å². The average Bonchev–Trinajstić information content (AvgIpc) is 3.15. The number of carbonyl (C=O) groups excluding carboxylic acids is 3. The minimum absolute atomic E-state index is 0.0658. The summed E-state index contributed by atoms with van der Waals surface area (Å²) in [4.78, 5) is 37.5. The summed E-state index contributed by atoms with van der Waals surface area (Å²) >= 11 is 0. The van der Waals surface area contributed by atoms with Gasteiger partial charge in [0.05, 0.1) is 0 Å². The number of unbranched alkanes of at least 4 members (excludes halogenated alkanes) is 26. The first-order valence-electron chi connectivity index (χ1n) is 23.8. The summed E-state index contributed by atoms with van der Waals surface area (Å²) in [5.74, 6) is 0.846. The van der Waals surface area contributed by atoms with Gasteiger partial charge in [-0.25, -0.2) is 0 Å². The van der Waals surface area contributed by atoms with E-state index in [1.165, 1.54) is 141 Å². The van der Waals surface area contributed by atoms with Crippen molar-refractivity contribution in [2.75, 3.05) is 13.2 Å². The van der Waals surface area contributed by atoms with Crippen LogP contribution in [0.15, 0.2) is 0 Å². The first kappa shape index (κ1) is 52.4. The standard InChI is InChI=1S/C48H92O6/c1-6-8-9-26-35-40-48(51)54-45(42-53-47(50)39-34-30-25-21-17-16-19-23-28-32-37-44(5)7-2)41-52-46(49)38-33-29-24-20-15-13-11-10-12-14-18-22-27-31-36-43(3)4/h43-45H,6-42H2,1-5H3/t44?,45-/m0/s1. The third-order valence-corrected chi connectivity index (χ3v) is 11.1. The molecule has 54 heavy (non-hydrogen) atoms. The topological polar surface area (TPSA) is 78.9 Å². The quantitative estimate of drug-likeness (QED) is 0.0350. The molecule has 320 valence electrons. The van der Waals surface area contributed by atoms with Gasteiger partial charge >= 0.3 is 17.9 Å². The van der Waals surface area contributed by atoms with Crippen LogP contribution in [0.3, 0.4) is 0 Å². The van der Waals surface area contributed by atoms with Crippen LogP contribution < -0.4 is 0 Å². The highest BCUT2D eigenvalue weighted by atomic mass is 16.6. The zero-order valence-corrected chi connectivity index (χ0v) is 36.8. The molecule has 0 aromatic rings. The summed E-state index contributed by atoms with van der Waals surface area (Å²) in [6.45, 7) is 11.3. The lowest BCUT2D eigenvalue weighted by atomic mass is 9.99. The first-order chi connectivity index (χ1) is 26.3. The van der Waals surface area contributed by atoms with Crippen molar-refractivity contribution in [1.82, 2.24) is 0 Å². The van der Waals surface area contributed by atoms with Crippen LogP contribution in [0.1, 0.15) is 259 Å². The molecule has 0 aromatic heterocycles. The number of hydrogen-bond acceptors (Lipinski definition) is 6. The Kier molecular flexibility index (Phi) is 39.8. The summed E-state index contributed by atoms with van der Waals surface area (Å²) in [6.07, 6.45) is 39.7. The normalized spacial score (nSPS) is 12.6. The van der Waals surface area contributed by atoms with Gasteiger partial charge in [0.2, 0.25) is 0 Å². The van der Waals surface area contributed by atoms with E-state index in [0.717, 1.165) is 76.0 Å². The van der Waals surface area contributed by atoms with Gasteiger partial charge in [-0.15, -0.1) is 0 Å². The van der Waals surface area contributed by atoms with Crippen LogP contribution in [0, 0.1) is 11.8 Å². The maximum atomic E-state index is 12.5. The van der Waals surface area contributed by atoms with E-state index in [0.29, 0.717) is 19.3 Å². The van der Waals surface area contributed by atoms with Crippen LogP contribution in [0.25, 0.3) is 0 Å². The van der Waals surface area contributed by atoms with Crippen LogP contribution >= 0.6 is 0 Å². The van der Waals surface area contributed by atoms with E-state index in [1.54, 1.807) is 0 Å². The Bertz CT molecular complexity index is 826. The van der Waals surface area contributed by atoms with Crippen LogP contribution in [0.5, 0.6) is 0 Å². The van der Waals surface area contributed by atoms with E-state index in [4.69, 9.17) is 14.2 Å². The molecule has 0 radical (unpaired) electrons. The fourth-order valence-electron chi connectivity index (χ4n) is 7.07. The smallest absolute Gasteiger partial charge is 0.306 e. The summed E-state index contributed by atoms with van der Waals surface area (Å²) in [6, 6.07) is 0. The van der Waals surface area contributed by atoms with Crippen LogP contribution in [-0.4, -0.2) is 37.2 Å². The van der Waals surface area contributed by atoms with Gasteiger partial charge < -0.3 is 14.2 Å². The van der Waals surface area contributed by atoms with Gasteiger partial charge in [-0.3, -0.25) is 14.4 Å². The highest BCUT2D eigenvalue weighted by Crippen LogP contribution is 2.17. The molecule has 0 heterocycles. The van der Waals surface area contributed by atoms with Gasteiger partial charge in [0.25, 0.3) is 0 Å². The van der Waals surface area contributed by atoms with Crippen molar-refractivity contribution in [2.45, 2.75) is 265 Å². The molecule has 0 amide bonds. The molecule has 0 aliphatic heterocycles. The highest BCUT2D eigenvalue weighted by molar-refractivity contribution is 5.71. The molecule has 0 aromatic carbocycles. The van der Waals surface area contributed by atoms with Crippen molar-refractivity contribution >= 4 is 17.9 Å². The zero-order chi connectivity index (χ0) is 39.7. The second-order valence-electron chi connectivity index (χ2n) is 17.1. The van der Waals surface area contributed by atoms with E-state index in [-0.39, 0.29) is 31.1 Å². The molecule has 6 heteroatoms. The SMILES string of the molecule is CCCCCCCC(=O)O[C@@H](COC(=O)CCCCCCCCCCCCCCCCC(C)C)COC(=O)CCCCCCCCCCCCC(C)CC. The molecular weight excluding hydrogens is 673 g/mol. The van der Waals surface area contributed by atoms with Crippen molar-refractivity contribution < 1.29 is 28.6 Å². The van der Waals surface area contributed by atoms with Gasteiger partial charge in [-0.1, -0.05) is 221 Å². The highest BCUT2D eigenvalue weighted by Gasteiger charge is 2.19. The van der Waals surface area contributed by atoms with Gasteiger partial charge in [0.1, 0.15) is 13.2 Å². The first-order valence-corrected chi connectivity index (χ1v) is 23.8. The Labute approximate surface area is 336 Å². The Hall–Kier alpha value is -1.59. The van der Waals surface area contributed by atoms with E-state index >= 15 is 0 Å². The lowest BCUT2D eigenvalue weighted by molar-refractivity contribution is -0.167. The summed E-state index contributed by atoms with van der Waals surface area (Å²) in [7, 11) is 0. The lowest BCUT2D eigenvalue weighted by Crippen LogP contribution is -2.30. The molecule has 0 saturated carbocycles. The van der Waals surface area contributed by atoms with Crippen LogP contribution in [0.4, 0.5) is 0 Å². The van der Waals surface area contributed by atoms with Crippen LogP contribution in [0.2, 0.25) is 0 Å². The van der Waals surface area contributed by atoms with Crippen molar-refractivity contribution in [3.8, 4) is 0 Å². The van der Waals surface area contributed by atoms with Gasteiger partial charge in [-0.05, 0) is 31.1 Å². The van der Waals surface area contributed by atoms with Crippen LogP contribution in [-0.2, 0) is 28.6 Å². The third kappa shape index (κ3) is 40.1. The van der Waals surface area contributed by atoms with E-state index < -0.39 is 6.10 Å². The van der Waals surface area contributed by atoms with E-state index in [2.05, 4.69) is 34.6 Å². The molecule has 0 saturated heterocycles. The average molecular weight is 765 g/mol. The number of rotatable bonds is 42. The number of hydrogen-bond donors (Lipinski definition) is 0. The maximum absolute atomic E-state index is 12.5. The number of ether oxygens (including phenoxy) is 3. The summed E-state index contributed by atoms with van der Waals surface area (Å²) < 4.78 is 16.6. The summed E-state index contributed by atoms with van der Waals surface area (Å²) in [5, 5.41) is 0. The fourth-order valence-corrected chi connectivity index (χ4v) is 7.07. The minimum atomic E-state index is -0.759. The molecule has 1 unspecified atom stereocenters. The Morgan fingerprint density at radius 2 is 0.704 bits per heavy atom. The molecule has 0 N–H and O–H groups in total. The predicted octanol–water partition coefficient (Wildman–Crippen LogP) is 15.0. The molecule has 6 nitrogen and oxygen atoms in total. The number of carbonyl (C=O) groups is 3. The molecule has 0 aliphatic rings. The molecule has 0 fully saturated rings. The van der Waals surface area contributed by atoms with E-state index in [9.17, 15) is 14.4 Å². The number of esters is 3. The maximum Gasteiger partial charge on any atom is 0.306 e.